The fourth-order valence-corrected chi connectivity index (χ4v) is 7.61. The minimum Gasteiger partial charge on any atom is -0.492 e. The maximum atomic E-state index is 9.73. The van der Waals surface area contributed by atoms with E-state index >= 15 is 0 Å². The third-order valence-corrected chi connectivity index (χ3v) is 10.3. The van der Waals surface area contributed by atoms with E-state index in [1.165, 1.54) is 11.3 Å². The second-order valence-electron chi connectivity index (χ2n) is 12.7. The summed E-state index contributed by atoms with van der Waals surface area (Å²) in [7, 11) is 0. The summed E-state index contributed by atoms with van der Waals surface area (Å²) in [6.45, 7) is 5.31. The number of rotatable bonds is 12. The zero-order valence-electron chi connectivity index (χ0n) is 30.0. The van der Waals surface area contributed by atoms with Gasteiger partial charge in [0.2, 0.25) is 0 Å². The van der Waals surface area contributed by atoms with Gasteiger partial charge in [0.25, 0.3) is 0 Å². The highest BCUT2D eigenvalue weighted by molar-refractivity contribution is 7.16. The van der Waals surface area contributed by atoms with Crippen LogP contribution in [0.5, 0.6) is 11.5 Å². The molecule has 0 saturated carbocycles. The zero-order chi connectivity index (χ0) is 37.4. The molecule has 0 spiro atoms. The Balaban J connectivity index is 1.34. The molecule has 0 radical (unpaired) electrons. The first-order chi connectivity index (χ1) is 26.6. The molecule has 0 unspecified atom stereocenters. The molecule has 0 atom stereocenters. The lowest BCUT2D eigenvalue weighted by Gasteiger charge is -2.25. The molecule has 7 aromatic rings. The van der Waals surface area contributed by atoms with Crippen molar-refractivity contribution in [3.05, 3.63) is 144 Å². The van der Waals surface area contributed by atoms with Crippen molar-refractivity contribution in [2.24, 2.45) is 0 Å². The monoisotopic (exact) mass is 720 g/mol. The minimum absolute atomic E-state index is 0.0837. The van der Waals surface area contributed by atoms with E-state index in [-0.39, 0.29) is 11.1 Å². The van der Waals surface area contributed by atoms with Gasteiger partial charge in [-0.15, -0.1) is 11.3 Å². The van der Waals surface area contributed by atoms with Gasteiger partial charge in [-0.25, -0.2) is 0 Å². The zero-order valence-corrected chi connectivity index (χ0v) is 30.9. The molecule has 0 aliphatic carbocycles. The summed E-state index contributed by atoms with van der Waals surface area (Å²) in [5.41, 5.74) is 6.22. The molecule has 0 aliphatic heterocycles. The lowest BCUT2D eigenvalue weighted by Crippen LogP contribution is -2.09. The molecule has 0 fully saturated rings. The maximum Gasteiger partial charge on any atom is 0.148 e. The van der Waals surface area contributed by atoms with E-state index in [0.29, 0.717) is 18.1 Å². The van der Waals surface area contributed by atoms with Gasteiger partial charge in [0.1, 0.15) is 35.3 Å². The molecule has 0 bridgehead atoms. The lowest BCUT2D eigenvalue weighted by molar-refractivity contribution is 0.319. The van der Waals surface area contributed by atoms with Crippen LogP contribution in [0.1, 0.15) is 31.6 Å². The highest BCUT2D eigenvalue weighted by atomic mass is 32.1. The summed E-state index contributed by atoms with van der Waals surface area (Å²) >= 11 is 1.37. The number of ether oxygens (including phenoxy) is 2. The van der Waals surface area contributed by atoms with E-state index in [0.717, 1.165) is 84.5 Å². The highest BCUT2D eigenvalue weighted by Gasteiger charge is 2.20. The molecule has 0 saturated heterocycles. The number of para-hydroxylation sites is 2. The van der Waals surface area contributed by atoms with Crippen molar-refractivity contribution in [2.75, 3.05) is 18.1 Å². The molecular weight excluding hydrogens is 685 g/mol. The van der Waals surface area contributed by atoms with Crippen LogP contribution >= 0.6 is 11.3 Å². The van der Waals surface area contributed by atoms with Crippen LogP contribution in [0.3, 0.4) is 0 Å². The standard InChI is InChI=1S/C47H36N4O2S/c1-3-25-52-46-40-22-18-34(44-23-24-45(54-44)43(31-50)35(29-48)30-49)28-42(40)47(53-26-4-2)39-21-17-33(27-41(39)46)32-15-19-38(20-16-32)51(36-11-7-5-8-12-36)37-13-9-6-10-14-37/h5-24,27-28H,3-4,25-26H2,1-2H3. The topological polar surface area (TPSA) is 93.1 Å². The summed E-state index contributed by atoms with van der Waals surface area (Å²) < 4.78 is 13.1. The van der Waals surface area contributed by atoms with Gasteiger partial charge in [0.15, 0.2) is 0 Å². The van der Waals surface area contributed by atoms with Crippen LogP contribution in [-0.2, 0) is 0 Å². The first-order valence-corrected chi connectivity index (χ1v) is 18.7. The number of hydrogen-bond acceptors (Lipinski definition) is 7. The molecule has 1 heterocycles. The fourth-order valence-electron chi connectivity index (χ4n) is 6.61. The van der Waals surface area contributed by atoms with Crippen LogP contribution in [-0.4, -0.2) is 13.2 Å². The second-order valence-corrected chi connectivity index (χ2v) is 13.8. The third-order valence-electron chi connectivity index (χ3n) is 9.13. The Morgan fingerprint density at radius 2 is 1.04 bits per heavy atom. The maximum absolute atomic E-state index is 9.73. The van der Waals surface area contributed by atoms with Gasteiger partial charge in [0, 0.05) is 48.4 Å². The molecule has 1 aromatic heterocycles. The first-order valence-electron chi connectivity index (χ1n) is 17.9. The van der Waals surface area contributed by atoms with Crippen LogP contribution in [0.15, 0.2) is 139 Å². The largest absolute Gasteiger partial charge is 0.492 e. The van der Waals surface area contributed by atoms with Gasteiger partial charge in [-0.05, 0) is 102 Å². The molecular formula is C47H36N4O2S. The van der Waals surface area contributed by atoms with Gasteiger partial charge in [-0.1, -0.05) is 74.5 Å². The summed E-state index contributed by atoms with van der Waals surface area (Å²) in [6, 6.07) is 51.6. The van der Waals surface area contributed by atoms with Crippen molar-refractivity contribution in [2.45, 2.75) is 26.7 Å². The Morgan fingerprint density at radius 3 is 1.56 bits per heavy atom. The van der Waals surface area contributed by atoms with E-state index in [4.69, 9.17) is 9.47 Å². The normalized spacial score (nSPS) is 10.6. The summed E-state index contributed by atoms with van der Waals surface area (Å²) in [5, 5.41) is 32.3. The predicted molar refractivity (Wildman–Crippen MR) is 220 cm³/mol. The van der Waals surface area contributed by atoms with E-state index in [9.17, 15) is 15.8 Å². The average Bonchev–Trinajstić information content (AvgIpc) is 3.72. The Kier molecular flexibility index (Phi) is 10.7. The first kappa shape index (κ1) is 35.5. The molecule has 6 nitrogen and oxygen atoms in total. The number of hydrogen-bond donors (Lipinski definition) is 0. The number of thiophene rings is 1. The lowest BCUT2D eigenvalue weighted by atomic mass is 9.95. The molecule has 6 aromatic carbocycles. The number of allylic oxidation sites excluding steroid dienone is 2. The summed E-state index contributed by atoms with van der Waals surface area (Å²) in [5.74, 6) is 1.60. The smallest absolute Gasteiger partial charge is 0.148 e. The molecule has 0 aliphatic rings. The summed E-state index contributed by atoms with van der Waals surface area (Å²) in [4.78, 5) is 3.74. The number of anilines is 3. The SMILES string of the molecule is CCCOc1c2ccc(-c3ccc(C(C#N)=C(C#N)C#N)s3)cc2c(OCCC)c2ccc(-c3ccc(N(c4ccccc4)c4ccccc4)cc3)cc12. The molecule has 262 valence electrons. The number of fused-ring (bicyclic) bond motifs is 2. The third kappa shape index (κ3) is 7.00. The summed E-state index contributed by atoms with van der Waals surface area (Å²) in [6.07, 6.45) is 1.71. The number of nitrogens with zero attached hydrogens (tertiary/aromatic N) is 4. The Hall–Kier alpha value is -6.85. The highest BCUT2D eigenvalue weighted by Crippen LogP contribution is 2.46. The Bertz CT molecular complexity index is 2550. The minimum atomic E-state index is -0.194. The number of nitriles is 3. The Labute approximate surface area is 319 Å². The van der Waals surface area contributed by atoms with Crippen molar-refractivity contribution in [3.8, 4) is 51.3 Å². The van der Waals surface area contributed by atoms with Gasteiger partial charge in [-0.3, -0.25) is 0 Å². The van der Waals surface area contributed by atoms with Gasteiger partial charge < -0.3 is 14.4 Å². The molecule has 0 N–H and O–H groups in total. The van der Waals surface area contributed by atoms with Crippen LogP contribution in [0.4, 0.5) is 17.1 Å². The molecule has 0 amide bonds. The molecule has 54 heavy (non-hydrogen) atoms. The second kappa shape index (κ2) is 16.2. The van der Waals surface area contributed by atoms with Crippen molar-refractivity contribution in [1.82, 2.24) is 0 Å². The van der Waals surface area contributed by atoms with Crippen molar-refractivity contribution < 1.29 is 9.47 Å². The quantitative estimate of drug-likeness (QED) is 0.0921. The van der Waals surface area contributed by atoms with Crippen LogP contribution in [0.25, 0.3) is 48.7 Å². The van der Waals surface area contributed by atoms with Crippen molar-refractivity contribution >= 4 is 55.5 Å². The van der Waals surface area contributed by atoms with Gasteiger partial charge >= 0.3 is 0 Å². The fraction of sp³-hybridized carbons (Fsp3) is 0.128. The predicted octanol–water partition coefficient (Wildman–Crippen LogP) is 12.8. The van der Waals surface area contributed by atoms with Crippen LogP contribution < -0.4 is 14.4 Å². The molecule has 7 rings (SSSR count). The van der Waals surface area contributed by atoms with E-state index < -0.39 is 0 Å². The van der Waals surface area contributed by atoms with E-state index in [2.05, 4.69) is 122 Å². The van der Waals surface area contributed by atoms with Crippen molar-refractivity contribution in [3.63, 3.8) is 0 Å². The Morgan fingerprint density at radius 1 is 0.537 bits per heavy atom. The number of benzene rings is 6. The van der Waals surface area contributed by atoms with Crippen LogP contribution in [0.2, 0.25) is 0 Å². The van der Waals surface area contributed by atoms with Crippen molar-refractivity contribution in [1.29, 1.82) is 15.8 Å². The van der Waals surface area contributed by atoms with E-state index in [1.807, 2.05) is 42.5 Å². The van der Waals surface area contributed by atoms with Gasteiger partial charge in [0.05, 0.1) is 18.8 Å². The van der Waals surface area contributed by atoms with Crippen LogP contribution in [0, 0.1) is 34.0 Å². The van der Waals surface area contributed by atoms with Gasteiger partial charge in [-0.2, -0.15) is 15.8 Å². The molecule has 7 heteroatoms. The average molecular weight is 721 g/mol. The van der Waals surface area contributed by atoms with E-state index in [1.54, 1.807) is 6.07 Å².